The number of aryl methyl sites for hydroxylation is 1. The molecule has 0 aliphatic rings. The largest absolute Gasteiger partial charge is 0.398 e. The summed E-state index contributed by atoms with van der Waals surface area (Å²) >= 11 is 5.57. The van der Waals surface area contributed by atoms with E-state index in [1.54, 1.807) is 26.0 Å². The van der Waals surface area contributed by atoms with E-state index in [2.05, 4.69) is 4.72 Å². The van der Waals surface area contributed by atoms with Crippen LogP contribution in [0.1, 0.15) is 11.1 Å². The fourth-order valence-corrected chi connectivity index (χ4v) is 3.69. The van der Waals surface area contributed by atoms with Crippen molar-refractivity contribution < 1.29 is 12.8 Å². The lowest BCUT2D eigenvalue weighted by molar-refractivity contribution is 0.600. The van der Waals surface area contributed by atoms with Gasteiger partial charge in [-0.3, -0.25) is 4.72 Å². The quantitative estimate of drug-likeness (QED) is 0.847. The van der Waals surface area contributed by atoms with Crippen LogP contribution < -0.4 is 10.5 Å². The van der Waals surface area contributed by atoms with Crippen LogP contribution in [0.3, 0.4) is 0 Å². The lowest BCUT2D eigenvalue weighted by Gasteiger charge is -2.14. The molecule has 2 rings (SSSR count). The number of nitrogens with two attached hydrogens (primary N) is 1. The molecule has 0 amide bonds. The highest BCUT2D eigenvalue weighted by Crippen LogP contribution is 2.27. The van der Waals surface area contributed by atoms with Crippen LogP contribution in [0.5, 0.6) is 0 Å². The van der Waals surface area contributed by atoms with Gasteiger partial charge >= 0.3 is 0 Å². The number of nitrogens with one attached hydrogen (secondary N) is 1. The highest BCUT2D eigenvalue weighted by Gasteiger charge is 2.21. The van der Waals surface area contributed by atoms with Crippen LogP contribution in [0.15, 0.2) is 35.2 Å². The van der Waals surface area contributed by atoms with E-state index in [1.165, 1.54) is 12.1 Å². The molecule has 0 fully saturated rings. The zero-order valence-corrected chi connectivity index (χ0v) is 13.0. The molecule has 0 aliphatic heterocycles. The summed E-state index contributed by atoms with van der Waals surface area (Å²) in [5.74, 6) is -0.696. The standard InChI is InChI=1S/C14H14ClFN2O2S/c1-8-3-6-13(17)9(2)14(8)21(19,20)18-10-4-5-11(15)12(16)7-10/h3-7,18H,17H2,1-2H3. The fraction of sp³-hybridized carbons (Fsp3) is 0.143. The van der Waals surface area contributed by atoms with Crippen LogP contribution in [0, 0.1) is 19.7 Å². The van der Waals surface area contributed by atoms with Gasteiger partial charge in [0.15, 0.2) is 0 Å². The second-order valence-electron chi connectivity index (χ2n) is 4.66. The monoisotopic (exact) mass is 328 g/mol. The lowest BCUT2D eigenvalue weighted by Crippen LogP contribution is -2.16. The van der Waals surface area contributed by atoms with Crippen molar-refractivity contribution in [3.05, 3.63) is 52.3 Å². The Balaban J connectivity index is 2.48. The van der Waals surface area contributed by atoms with Crippen molar-refractivity contribution in [3.8, 4) is 0 Å². The molecule has 112 valence electrons. The summed E-state index contributed by atoms with van der Waals surface area (Å²) in [7, 11) is -3.87. The molecule has 2 aromatic rings. The first-order valence-electron chi connectivity index (χ1n) is 6.06. The molecular formula is C14H14ClFN2O2S. The van der Waals surface area contributed by atoms with Gasteiger partial charge in [-0.05, 0) is 49.2 Å². The zero-order valence-electron chi connectivity index (χ0n) is 11.4. The van der Waals surface area contributed by atoms with Gasteiger partial charge in [0.25, 0.3) is 10.0 Å². The number of halogens is 2. The molecule has 7 heteroatoms. The molecule has 0 aromatic heterocycles. The van der Waals surface area contributed by atoms with E-state index < -0.39 is 15.8 Å². The molecule has 0 atom stereocenters. The molecule has 2 aromatic carbocycles. The number of anilines is 2. The Morgan fingerprint density at radius 2 is 1.86 bits per heavy atom. The van der Waals surface area contributed by atoms with Crippen LogP contribution in [0.25, 0.3) is 0 Å². The molecule has 0 unspecified atom stereocenters. The molecular weight excluding hydrogens is 315 g/mol. The Hall–Kier alpha value is -1.79. The number of rotatable bonds is 3. The van der Waals surface area contributed by atoms with E-state index in [4.69, 9.17) is 17.3 Å². The van der Waals surface area contributed by atoms with E-state index in [0.717, 1.165) is 6.07 Å². The van der Waals surface area contributed by atoms with Crippen molar-refractivity contribution in [2.45, 2.75) is 18.7 Å². The minimum absolute atomic E-state index is 0.0748. The zero-order chi connectivity index (χ0) is 15.8. The number of hydrogen-bond donors (Lipinski definition) is 2. The van der Waals surface area contributed by atoms with Crippen molar-refractivity contribution >= 4 is 33.0 Å². The molecule has 3 N–H and O–H groups in total. The predicted molar refractivity (Wildman–Crippen MR) is 82.5 cm³/mol. The number of nitrogen functional groups attached to an aromatic ring is 1. The highest BCUT2D eigenvalue weighted by atomic mass is 35.5. The Morgan fingerprint density at radius 1 is 1.19 bits per heavy atom. The van der Waals surface area contributed by atoms with Gasteiger partial charge in [-0.2, -0.15) is 0 Å². The average molecular weight is 329 g/mol. The maximum absolute atomic E-state index is 13.4. The smallest absolute Gasteiger partial charge is 0.262 e. The van der Waals surface area contributed by atoms with E-state index in [-0.39, 0.29) is 15.6 Å². The third-order valence-electron chi connectivity index (χ3n) is 3.09. The van der Waals surface area contributed by atoms with Crippen molar-refractivity contribution in [2.75, 3.05) is 10.5 Å². The number of hydrogen-bond acceptors (Lipinski definition) is 3. The molecule has 0 bridgehead atoms. The van der Waals surface area contributed by atoms with Gasteiger partial charge in [-0.25, -0.2) is 12.8 Å². The van der Waals surface area contributed by atoms with Gasteiger partial charge in [-0.1, -0.05) is 17.7 Å². The van der Waals surface area contributed by atoms with E-state index in [0.29, 0.717) is 16.8 Å². The summed E-state index contributed by atoms with van der Waals surface area (Å²) < 4.78 is 40.7. The van der Waals surface area contributed by atoms with Crippen LogP contribution in [-0.2, 0) is 10.0 Å². The second-order valence-corrected chi connectivity index (χ2v) is 6.69. The Morgan fingerprint density at radius 3 is 2.48 bits per heavy atom. The van der Waals surface area contributed by atoms with Crippen molar-refractivity contribution in [1.82, 2.24) is 0 Å². The first-order valence-corrected chi connectivity index (χ1v) is 7.92. The summed E-state index contributed by atoms with van der Waals surface area (Å²) in [4.78, 5) is 0.0952. The average Bonchev–Trinajstić information content (AvgIpc) is 2.38. The normalized spacial score (nSPS) is 11.4. The molecule has 0 saturated heterocycles. The van der Waals surface area contributed by atoms with Crippen LogP contribution in [0.2, 0.25) is 5.02 Å². The van der Waals surface area contributed by atoms with Crippen LogP contribution >= 0.6 is 11.6 Å². The highest BCUT2D eigenvalue weighted by molar-refractivity contribution is 7.92. The fourth-order valence-electron chi connectivity index (χ4n) is 2.02. The number of sulfonamides is 1. The summed E-state index contributed by atoms with van der Waals surface area (Å²) in [6, 6.07) is 6.97. The third kappa shape index (κ3) is 3.11. The maximum atomic E-state index is 13.4. The van der Waals surface area contributed by atoms with Gasteiger partial charge in [0, 0.05) is 5.69 Å². The Kier molecular flexibility index (Phi) is 4.11. The van der Waals surface area contributed by atoms with Crippen molar-refractivity contribution in [3.63, 3.8) is 0 Å². The number of benzene rings is 2. The summed E-state index contributed by atoms with van der Waals surface area (Å²) in [5.41, 5.74) is 7.24. The molecule has 0 spiro atoms. The van der Waals surface area contributed by atoms with Gasteiger partial charge in [-0.15, -0.1) is 0 Å². The van der Waals surface area contributed by atoms with Crippen LogP contribution in [-0.4, -0.2) is 8.42 Å². The van der Waals surface area contributed by atoms with Gasteiger partial charge in [0.05, 0.1) is 15.6 Å². The van der Waals surface area contributed by atoms with Crippen LogP contribution in [0.4, 0.5) is 15.8 Å². The van der Waals surface area contributed by atoms with Gasteiger partial charge in [0.2, 0.25) is 0 Å². The summed E-state index contributed by atoms with van der Waals surface area (Å²) in [5, 5.41) is -0.0748. The first kappa shape index (κ1) is 15.6. The SMILES string of the molecule is Cc1ccc(N)c(C)c1S(=O)(=O)Nc1ccc(Cl)c(F)c1. The molecule has 0 heterocycles. The van der Waals surface area contributed by atoms with Crippen molar-refractivity contribution in [1.29, 1.82) is 0 Å². The minimum atomic E-state index is -3.87. The van der Waals surface area contributed by atoms with Gasteiger partial charge < -0.3 is 5.73 Å². The first-order chi connectivity index (χ1) is 9.72. The van der Waals surface area contributed by atoms with E-state index in [9.17, 15) is 12.8 Å². The molecule has 4 nitrogen and oxygen atoms in total. The third-order valence-corrected chi connectivity index (χ3v) is 5.06. The molecule has 0 radical (unpaired) electrons. The van der Waals surface area contributed by atoms with Gasteiger partial charge in [0.1, 0.15) is 5.82 Å². The second kappa shape index (κ2) is 5.54. The predicted octanol–water partition coefficient (Wildman–Crippen LogP) is 3.48. The maximum Gasteiger partial charge on any atom is 0.262 e. The molecule has 0 aliphatic carbocycles. The minimum Gasteiger partial charge on any atom is -0.398 e. The topological polar surface area (TPSA) is 72.2 Å². The summed E-state index contributed by atoms with van der Waals surface area (Å²) in [6.45, 7) is 3.29. The molecule has 21 heavy (non-hydrogen) atoms. The molecule has 0 saturated carbocycles. The van der Waals surface area contributed by atoms with E-state index in [1.807, 2.05) is 0 Å². The Bertz CT molecular complexity index is 807. The van der Waals surface area contributed by atoms with Crippen molar-refractivity contribution in [2.24, 2.45) is 0 Å². The summed E-state index contributed by atoms with van der Waals surface area (Å²) in [6.07, 6.45) is 0. The Labute approximate surface area is 127 Å². The lowest BCUT2D eigenvalue weighted by atomic mass is 10.1. The van der Waals surface area contributed by atoms with E-state index >= 15 is 0 Å².